The van der Waals surface area contributed by atoms with E-state index in [9.17, 15) is 9.59 Å². The van der Waals surface area contributed by atoms with Gasteiger partial charge in [-0.05, 0) is 31.7 Å². The average molecular weight is 262 g/mol. The molecule has 0 unspecified atom stereocenters. The van der Waals surface area contributed by atoms with Crippen molar-refractivity contribution in [3.8, 4) is 0 Å². The maximum atomic E-state index is 11.5. The van der Waals surface area contributed by atoms with E-state index >= 15 is 0 Å². The van der Waals surface area contributed by atoms with Gasteiger partial charge in [0.15, 0.2) is 0 Å². The van der Waals surface area contributed by atoms with Crippen molar-refractivity contribution in [2.45, 2.75) is 39.2 Å². The van der Waals surface area contributed by atoms with Crippen LogP contribution in [0, 0.1) is 0 Å². The van der Waals surface area contributed by atoms with Gasteiger partial charge in [0, 0.05) is 12.6 Å². The average Bonchev–Trinajstić information content (AvgIpc) is 2.44. The molecule has 0 spiro atoms. The summed E-state index contributed by atoms with van der Waals surface area (Å²) in [6.07, 6.45) is 2.54. The summed E-state index contributed by atoms with van der Waals surface area (Å²) in [6.45, 7) is 4.35. The van der Waals surface area contributed by atoms with E-state index < -0.39 is 11.8 Å². The Hall–Kier alpha value is -1.84. The molecule has 0 aliphatic rings. The number of aryl methyl sites for hydroxylation is 1. The van der Waals surface area contributed by atoms with Crippen LogP contribution in [0.25, 0.3) is 0 Å². The molecular formula is C15H22N2O2. The number of carbonyl (C=O) groups is 2. The molecule has 19 heavy (non-hydrogen) atoms. The predicted molar refractivity (Wildman–Crippen MR) is 75.7 cm³/mol. The first-order valence-corrected chi connectivity index (χ1v) is 6.76. The third-order valence-corrected chi connectivity index (χ3v) is 2.97. The molecule has 4 nitrogen and oxygen atoms in total. The summed E-state index contributed by atoms with van der Waals surface area (Å²) in [5.74, 6) is -1.09. The van der Waals surface area contributed by atoms with Crippen molar-refractivity contribution in [1.82, 2.24) is 10.6 Å². The summed E-state index contributed by atoms with van der Waals surface area (Å²) in [6, 6.07) is 10.1. The maximum Gasteiger partial charge on any atom is 0.309 e. The van der Waals surface area contributed by atoms with E-state index in [1.807, 2.05) is 32.0 Å². The molecular weight excluding hydrogens is 240 g/mol. The molecule has 0 saturated heterocycles. The standard InChI is InChI=1S/C15H22N2O2/c1-3-12(2)17-15(19)14(18)16-11-7-10-13-8-5-4-6-9-13/h4-6,8-9,12H,3,7,10-11H2,1-2H3,(H,16,18)(H,17,19)/t12-/m1/s1. The van der Waals surface area contributed by atoms with Gasteiger partial charge in [-0.1, -0.05) is 37.3 Å². The second-order valence-electron chi connectivity index (χ2n) is 4.63. The minimum absolute atomic E-state index is 0.0302. The quantitative estimate of drug-likeness (QED) is 0.605. The maximum absolute atomic E-state index is 11.5. The molecule has 2 amide bonds. The zero-order valence-electron chi connectivity index (χ0n) is 11.6. The van der Waals surface area contributed by atoms with Gasteiger partial charge in [-0.2, -0.15) is 0 Å². The number of nitrogens with one attached hydrogen (secondary N) is 2. The van der Waals surface area contributed by atoms with Gasteiger partial charge < -0.3 is 10.6 Å². The summed E-state index contributed by atoms with van der Waals surface area (Å²) < 4.78 is 0. The van der Waals surface area contributed by atoms with E-state index in [1.165, 1.54) is 5.56 Å². The zero-order chi connectivity index (χ0) is 14.1. The van der Waals surface area contributed by atoms with Gasteiger partial charge in [0.25, 0.3) is 0 Å². The number of carbonyl (C=O) groups excluding carboxylic acids is 2. The Morgan fingerprint density at radius 3 is 2.47 bits per heavy atom. The van der Waals surface area contributed by atoms with E-state index in [0.29, 0.717) is 6.54 Å². The van der Waals surface area contributed by atoms with Gasteiger partial charge >= 0.3 is 11.8 Å². The number of hydrogen-bond donors (Lipinski definition) is 2. The third kappa shape index (κ3) is 6.04. The van der Waals surface area contributed by atoms with Crippen LogP contribution in [0.5, 0.6) is 0 Å². The highest BCUT2D eigenvalue weighted by molar-refractivity contribution is 6.35. The van der Waals surface area contributed by atoms with Gasteiger partial charge in [0.2, 0.25) is 0 Å². The van der Waals surface area contributed by atoms with Gasteiger partial charge in [-0.25, -0.2) is 0 Å². The topological polar surface area (TPSA) is 58.2 Å². The first-order chi connectivity index (χ1) is 9.13. The van der Waals surface area contributed by atoms with Crippen molar-refractivity contribution in [2.24, 2.45) is 0 Å². The molecule has 0 radical (unpaired) electrons. The Bertz CT molecular complexity index is 404. The van der Waals surface area contributed by atoms with Crippen molar-refractivity contribution in [2.75, 3.05) is 6.54 Å². The van der Waals surface area contributed by atoms with Crippen molar-refractivity contribution < 1.29 is 9.59 Å². The molecule has 1 atom stereocenters. The SMILES string of the molecule is CC[C@@H](C)NC(=O)C(=O)NCCCc1ccccc1. The fourth-order valence-corrected chi connectivity index (χ4v) is 1.61. The monoisotopic (exact) mass is 262 g/mol. The highest BCUT2D eigenvalue weighted by Gasteiger charge is 2.14. The summed E-state index contributed by atoms with van der Waals surface area (Å²) >= 11 is 0. The Kier molecular flexibility index (Phi) is 6.64. The molecule has 1 rings (SSSR count). The molecule has 0 heterocycles. The van der Waals surface area contributed by atoms with Crippen LogP contribution in [0.3, 0.4) is 0 Å². The van der Waals surface area contributed by atoms with Crippen LogP contribution in [-0.4, -0.2) is 24.4 Å². The van der Waals surface area contributed by atoms with E-state index in [4.69, 9.17) is 0 Å². The van der Waals surface area contributed by atoms with Gasteiger partial charge in [-0.15, -0.1) is 0 Å². The smallest absolute Gasteiger partial charge is 0.309 e. The molecule has 0 aliphatic carbocycles. The Morgan fingerprint density at radius 2 is 1.84 bits per heavy atom. The lowest BCUT2D eigenvalue weighted by molar-refractivity contribution is -0.139. The van der Waals surface area contributed by atoms with Crippen molar-refractivity contribution in [3.63, 3.8) is 0 Å². The minimum atomic E-state index is -0.548. The molecule has 4 heteroatoms. The Balaban J connectivity index is 2.18. The normalized spacial score (nSPS) is 11.7. The third-order valence-electron chi connectivity index (χ3n) is 2.97. The number of rotatable bonds is 6. The molecule has 0 aliphatic heterocycles. The summed E-state index contributed by atoms with van der Waals surface area (Å²) in [7, 11) is 0. The first-order valence-electron chi connectivity index (χ1n) is 6.76. The largest absolute Gasteiger partial charge is 0.348 e. The fraction of sp³-hybridized carbons (Fsp3) is 0.467. The van der Waals surface area contributed by atoms with Crippen molar-refractivity contribution in [3.05, 3.63) is 35.9 Å². The summed E-state index contributed by atoms with van der Waals surface area (Å²) in [5, 5.41) is 5.27. The zero-order valence-corrected chi connectivity index (χ0v) is 11.6. The van der Waals surface area contributed by atoms with Gasteiger partial charge in [0.1, 0.15) is 0 Å². The lowest BCUT2D eigenvalue weighted by atomic mass is 10.1. The number of benzene rings is 1. The van der Waals surface area contributed by atoms with Crippen LogP contribution in [0.4, 0.5) is 0 Å². The Morgan fingerprint density at radius 1 is 1.16 bits per heavy atom. The summed E-state index contributed by atoms with van der Waals surface area (Å²) in [5.41, 5.74) is 1.24. The predicted octanol–water partition coefficient (Wildman–Crippen LogP) is 1.65. The van der Waals surface area contributed by atoms with E-state index in [-0.39, 0.29) is 6.04 Å². The van der Waals surface area contributed by atoms with Gasteiger partial charge in [0.05, 0.1) is 0 Å². The van der Waals surface area contributed by atoms with Crippen LogP contribution >= 0.6 is 0 Å². The van der Waals surface area contributed by atoms with Crippen LogP contribution < -0.4 is 10.6 Å². The van der Waals surface area contributed by atoms with E-state index in [1.54, 1.807) is 0 Å². The lowest BCUT2D eigenvalue weighted by Gasteiger charge is -2.11. The van der Waals surface area contributed by atoms with Gasteiger partial charge in [-0.3, -0.25) is 9.59 Å². The molecule has 0 fully saturated rings. The second kappa shape index (κ2) is 8.29. The molecule has 0 aromatic heterocycles. The highest BCUT2D eigenvalue weighted by Crippen LogP contribution is 2.01. The van der Waals surface area contributed by atoms with Crippen molar-refractivity contribution in [1.29, 1.82) is 0 Å². The number of amides is 2. The number of hydrogen-bond acceptors (Lipinski definition) is 2. The molecule has 2 N–H and O–H groups in total. The lowest BCUT2D eigenvalue weighted by Crippen LogP contribution is -2.43. The van der Waals surface area contributed by atoms with Crippen LogP contribution in [0.15, 0.2) is 30.3 Å². The van der Waals surface area contributed by atoms with E-state index in [0.717, 1.165) is 19.3 Å². The van der Waals surface area contributed by atoms with E-state index in [2.05, 4.69) is 22.8 Å². The fourth-order valence-electron chi connectivity index (χ4n) is 1.61. The molecule has 1 aromatic rings. The van der Waals surface area contributed by atoms with Crippen molar-refractivity contribution >= 4 is 11.8 Å². The van der Waals surface area contributed by atoms with Crippen LogP contribution in [0.2, 0.25) is 0 Å². The molecule has 0 bridgehead atoms. The first kappa shape index (κ1) is 15.2. The second-order valence-corrected chi connectivity index (χ2v) is 4.63. The minimum Gasteiger partial charge on any atom is -0.348 e. The Labute approximate surface area is 114 Å². The summed E-state index contributed by atoms with van der Waals surface area (Å²) in [4.78, 5) is 22.9. The van der Waals surface area contributed by atoms with Crippen LogP contribution in [-0.2, 0) is 16.0 Å². The molecule has 104 valence electrons. The molecule has 1 aromatic carbocycles. The molecule has 0 saturated carbocycles. The highest BCUT2D eigenvalue weighted by atomic mass is 16.2. The van der Waals surface area contributed by atoms with Crippen LogP contribution in [0.1, 0.15) is 32.3 Å².